The van der Waals surface area contributed by atoms with Crippen molar-refractivity contribution in [3.63, 3.8) is 0 Å². The summed E-state index contributed by atoms with van der Waals surface area (Å²) in [6, 6.07) is 15.5. The Labute approximate surface area is 194 Å². The predicted octanol–water partition coefficient (Wildman–Crippen LogP) is 4.72. The lowest BCUT2D eigenvalue weighted by Crippen LogP contribution is -2.17. The second-order valence-electron chi connectivity index (χ2n) is 8.02. The van der Waals surface area contributed by atoms with Crippen LogP contribution >= 0.6 is 0 Å². The summed E-state index contributed by atoms with van der Waals surface area (Å²) in [4.78, 5) is 38.5. The topological polar surface area (TPSA) is 74.6 Å². The van der Waals surface area contributed by atoms with Crippen molar-refractivity contribution in [2.45, 2.75) is 33.7 Å². The van der Waals surface area contributed by atoms with Gasteiger partial charge in [0.2, 0.25) is 5.78 Å². The summed E-state index contributed by atoms with van der Waals surface area (Å²) in [5.41, 5.74) is 4.23. The van der Waals surface area contributed by atoms with Crippen LogP contribution in [0.15, 0.2) is 54.6 Å². The fourth-order valence-electron chi connectivity index (χ4n) is 3.80. The summed E-state index contributed by atoms with van der Waals surface area (Å²) in [6.07, 6.45) is 0.835. The Bertz CT molecular complexity index is 1160. The molecular weight excluding hydrogens is 418 g/mol. The number of benzene rings is 2. The van der Waals surface area contributed by atoms with Crippen molar-refractivity contribution in [1.29, 1.82) is 0 Å². The largest absolute Gasteiger partial charge is 0.454 e. The Morgan fingerprint density at radius 2 is 1.55 bits per heavy atom. The molecule has 0 amide bonds. The van der Waals surface area contributed by atoms with Crippen LogP contribution in [0.2, 0.25) is 0 Å². The van der Waals surface area contributed by atoms with Gasteiger partial charge in [-0.1, -0.05) is 48.0 Å². The highest BCUT2D eigenvalue weighted by atomic mass is 16.5. The molecule has 0 radical (unpaired) electrons. The van der Waals surface area contributed by atoms with Crippen LogP contribution in [0.1, 0.15) is 60.0 Å². The zero-order chi connectivity index (χ0) is 24.0. The lowest BCUT2D eigenvalue weighted by Gasteiger charge is -2.10. The number of hydrogen-bond donors (Lipinski definition) is 0. The molecule has 0 N–H and O–H groups in total. The van der Waals surface area contributed by atoms with Gasteiger partial charge in [-0.3, -0.25) is 9.59 Å². The Morgan fingerprint density at radius 1 is 0.879 bits per heavy atom. The standard InChI is InChI=1S/C27H29NO5/c1-18-10-12-21(13-11-18)26(30)22-8-5-6-9-23(22)27(31)33-17-25(29)24-16-19(2)28(20(24)3)14-7-15-32-4/h5-6,8-13,16H,7,14-15,17H2,1-4H3. The molecule has 2 aromatic carbocycles. The number of carbonyl (C=O) groups is 3. The van der Waals surface area contributed by atoms with E-state index in [9.17, 15) is 14.4 Å². The zero-order valence-electron chi connectivity index (χ0n) is 19.5. The van der Waals surface area contributed by atoms with E-state index in [1.54, 1.807) is 37.4 Å². The Morgan fingerprint density at radius 3 is 2.21 bits per heavy atom. The van der Waals surface area contributed by atoms with Gasteiger partial charge in [-0.15, -0.1) is 0 Å². The number of Topliss-reactive ketones (excluding diaryl/α,β-unsaturated/α-hetero) is 1. The molecule has 0 saturated carbocycles. The number of aromatic nitrogens is 1. The number of carbonyl (C=O) groups excluding carboxylic acids is 3. The molecule has 6 nitrogen and oxygen atoms in total. The average Bonchev–Trinajstić information content (AvgIpc) is 3.11. The minimum atomic E-state index is -0.701. The molecule has 172 valence electrons. The Kier molecular flexibility index (Phi) is 7.96. The van der Waals surface area contributed by atoms with Gasteiger partial charge in [0, 0.05) is 48.3 Å². The fraction of sp³-hybridized carbons (Fsp3) is 0.296. The van der Waals surface area contributed by atoms with Crippen molar-refractivity contribution in [3.8, 4) is 0 Å². The molecule has 0 aliphatic rings. The molecule has 0 aliphatic heterocycles. The highest BCUT2D eigenvalue weighted by Crippen LogP contribution is 2.19. The van der Waals surface area contributed by atoms with Crippen LogP contribution in [0.5, 0.6) is 0 Å². The summed E-state index contributed by atoms with van der Waals surface area (Å²) in [5, 5.41) is 0. The maximum Gasteiger partial charge on any atom is 0.339 e. The predicted molar refractivity (Wildman–Crippen MR) is 126 cm³/mol. The molecule has 0 fully saturated rings. The summed E-state index contributed by atoms with van der Waals surface area (Å²) < 4.78 is 12.5. The number of rotatable bonds is 10. The minimum absolute atomic E-state index is 0.140. The van der Waals surface area contributed by atoms with Crippen LogP contribution in [0.25, 0.3) is 0 Å². The van der Waals surface area contributed by atoms with Crippen LogP contribution < -0.4 is 0 Å². The monoisotopic (exact) mass is 447 g/mol. The summed E-state index contributed by atoms with van der Waals surface area (Å²) in [7, 11) is 1.66. The zero-order valence-corrected chi connectivity index (χ0v) is 19.5. The van der Waals surface area contributed by atoms with Crippen molar-refractivity contribution in [1.82, 2.24) is 4.57 Å². The van der Waals surface area contributed by atoms with Crippen molar-refractivity contribution < 1.29 is 23.9 Å². The highest BCUT2D eigenvalue weighted by molar-refractivity contribution is 6.14. The van der Waals surface area contributed by atoms with E-state index in [-0.39, 0.29) is 22.7 Å². The van der Waals surface area contributed by atoms with Crippen LogP contribution in [-0.2, 0) is 16.0 Å². The molecule has 6 heteroatoms. The van der Waals surface area contributed by atoms with Crippen LogP contribution in [0.4, 0.5) is 0 Å². The van der Waals surface area contributed by atoms with Gasteiger partial charge in [0.1, 0.15) is 0 Å². The number of ketones is 2. The van der Waals surface area contributed by atoms with E-state index >= 15 is 0 Å². The fourth-order valence-corrected chi connectivity index (χ4v) is 3.80. The first-order valence-corrected chi connectivity index (χ1v) is 10.9. The molecule has 0 spiro atoms. The normalized spacial score (nSPS) is 10.8. The van der Waals surface area contributed by atoms with E-state index in [0.717, 1.165) is 29.9 Å². The van der Waals surface area contributed by atoms with Gasteiger partial charge in [0.05, 0.1) is 5.56 Å². The first-order valence-electron chi connectivity index (χ1n) is 10.9. The number of methoxy groups -OCH3 is 1. The maximum absolute atomic E-state index is 12.9. The Hall–Kier alpha value is -3.51. The maximum atomic E-state index is 12.9. The van der Waals surface area contributed by atoms with E-state index in [0.29, 0.717) is 17.7 Å². The van der Waals surface area contributed by atoms with Crippen molar-refractivity contribution in [3.05, 3.63) is 93.8 Å². The first kappa shape index (κ1) is 24.1. The molecule has 33 heavy (non-hydrogen) atoms. The van der Waals surface area contributed by atoms with Crippen molar-refractivity contribution >= 4 is 17.5 Å². The smallest absolute Gasteiger partial charge is 0.339 e. The van der Waals surface area contributed by atoms with Gasteiger partial charge in [0.25, 0.3) is 0 Å². The van der Waals surface area contributed by atoms with E-state index in [4.69, 9.17) is 9.47 Å². The average molecular weight is 448 g/mol. The molecule has 0 bridgehead atoms. The van der Waals surface area contributed by atoms with Gasteiger partial charge in [-0.25, -0.2) is 4.79 Å². The third-order valence-electron chi connectivity index (χ3n) is 5.64. The summed E-state index contributed by atoms with van der Waals surface area (Å²) in [6.45, 7) is 6.74. The molecule has 0 saturated heterocycles. The molecular formula is C27H29NO5. The van der Waals surface area contributed by atoms with Gasteiger partial charge >= 0.3 is 5.97 Å². The molecule has 1 aromatic heterocycles. The van der Waals surface area contributed by atoms with E-state index in [1.807, 2.05) is 39.0 Å². The second kappa shape index (κ2) is 10.9. The van der Waals surface area contributed by atoms with Gasteiger partial charge in [-0.2, -0.15) is 0 Å². The third-order valence-corrected chi connectivity index (χ3v) is 5.64. The first-order chi connectivity index (χ1) is 15.8. The molecule has 0 aliphatic carbocycles. The molecule has 3 rings (SSSR count). The lowest BCUT2D eigenvalue weighted by atomic mass is 9.98. The number of hydrogen-bond acceptors (Lipinski definition) is 5. The van der Waals surface area contributed by atoms with Gasteiger partial charge in [0.15, 0.2) is 12.4 Å². The second-order valence-corrected chi connectivity index (χ2v) is 8.02. The number of esters is 1. The van der Waals surface area contributed by atoms with E-state index in [1.165, 1.54) is 6.07 Å². The summed E-state index contributed by atoms with van der Waals surface area (Å²) >= 11 is 0. The molecule has 0 unspecified atom stereocenters. The van der Waals surface area contributed by atoms with E-state index < -0.39 is 12.6 Å². The minimum Gasteiger partial charge on any atom is -0.454 e. The lowest BCUT2D eigenvalue weighted by molar-refractivity contribution is 0.0472. The molecule has 3 aromatic rings. The van der Waals surface area contributed by atoms with Gasteiger partial charge < -0.3 is 14.0 Å². The SMILES string of the molecule is COCCCn1c(C)cc(C(=O)COC(=O)c2ccccc2C(=O)c2ccc(C)cc2)c1C. The Balaban J connectivity index is 1.72. The third kappa shape index (κ3) is 5.65. The summed E-state index contributed by atoms with van der Waals surface area (Å²) in [5.74, 6) is -1.25. The van der Waals surface area contributed by atoms with Crippen molar-refractivity contribution in [2.24, 2.45) is 0 Å². The van der Waals surface area contributed by atoms with Gasteiger partial charge in [-0.05, 0) is 39.3 Å². The highest BCUT2D eigenvalue weighted by Gasteiger charge is 2.21. The quantitative estimate of drug-likeness (QED) is 0.255. The number of ether oxygens (including phenoxy) is 2. The number of nitrogens with zero attached hydrogens (tertiary/aromatic N) is 1. The van der Waals surface area contributed by atoms with E-state index in [2.05, 4.69) is 4.57 Å². The molecule has 0 atom stereocenters. The molecule has 1 heterocycles. The van der Waals surface area contributed by atoms with Crippen LogP contribution in [0, 0.1) is 20.8 Å². The van der Waals surface area contributed by atoms with Crippen LogP contribution in [-0.4, -0.2) is 42.4 Å². The van der Waals surface area contributed by atoms with Crippen molar-refractivity contribution in [2.75, 3.05) is 20.3 Å². The number of aryl methyl sites for hydroxylation is 2. The van der Waals surface area contributed by atoms with Crippen LogP contribution in [0.3, 0.4) is 0 Å².